The van der Waals surface area contributed by atoms with Gasteiger partial charge < -0.3 is 19.5 Å². The van der Waals surface area contributed by atoms with E-state index in [4.69, 9.17) is 14.2 Å². The number of nitrogens with zero attached hydrogens (tertiary/aromatic N) is 2. The number of amides is 1. The van der Waals surface area contributed by atoms with Crippen molar-refractivity contribution in [3.63, 3.8) is 0 Å². The number of anilines is 1. The van der Waals surface area contributed by atoms with E-state index in [1.54, 1.807) is 43.3 Å². The van der Waals surface area contributed by atoms with Gasteiger partial charge in [-0.05, 0) is 90.5 Å². The van der Waals surface area contributed by atoms with Gasteiger partial charge in [-0.25, -0.2) is 4.79 Å². The predicted octanol–water partition coefficient (Wildman–Crippen LogP) is 5.86. The number of esters is 1. The molecule has 38 heavy (non-hydrogen) atoms. The van der Waals surface area contributed by atoms with Crippen molar-refractivity contribution in [2.75, 3.05) is 18.5 Å². The minimum absolute atomic E-state index is 0.116. The maximum absolute atomic E-state index is 12.8. The second-order valence-corrected chi connectivity index (χ2v) is 8.90. The Balaban J connectivity index is 1.81. The average molecular weight is 621 g/mol. The molecule has 0 unspecified atom stereocenters. The lowest BCUT2D eigenvalue weighted by Gasteiger charge is -2.15. The van der Waals surface area contributed by atoms with Gasteiger partial charge in [0.25, 0.3) is 5.91 Å². The number of hydrogen-bond donors (Lipinski definition) is 1. The van der Waals surface area contributed by atoms with E-state index in [2.05, 4.69) is 34.0 Å². The highest BCUT2D eigenvalue weighted by molar-refractivity contribution is 14.1. The smallest absolute Gasteiger partial charge is 0.338 e. The summed E-state index contributed by atoms with van der Waals surface area (Å²) < 4.78 is 17.5. The molecule has 0 saturated heterocycles. The molecular formula is C29H24IN3O5. The zero-order valence-electron chi connectivity index (χ0n) is 20.8. The largest absolute Gasteiger partial charge is 0.490 e. The van der Waals surface area contributed by atoms with Gasteiger partial charge in [-0.1, -0.05) is 18.2 Å². The van der Waals surface area contributed by atoms with Gasteiger partial charge in [0.2, 0.25) is 0 Å². The van der Waals surface area contributed by atoms with E-state index >= 15 is 0 Å². The Morgan fingerprint density at radius 3 is 2.39 bits per heavy atom. The van der Waals surface area contributed by atoms with Crippen LogP contribution in [-0.2, 0) is 16.1 Å². The molecule has 0 atom stereocenters. The van der Waals surface area contributed by atoms with Gasteiger partial charge in [-0.15, -0.1) is 0 Å². The number of carbonyl (C=O) groups excluding carboxylic acids is 2. The zero-order valence-corrected chi connectivity index (χ0v) is 22.9. The Hall–Kier alpha value is -4.35. The predicted molar refractivity (Wildman–Crippen MR) is 150 cm³/mol. The number of halogens is 1. The summed E-state index contributed by atoms with van der Waals surface area (Å²) in [6, 6.07) is 20.9. The van der Waals surface area contributed by atoms with E-state index in [1.165, 1.54) is 18.2 Å². The fraction of sp³-hybridized carbons (Fsp3) is 0.172. The SMILES string of the molecule is CCOC(=O)c1ccc(NC(=O)/C(C#N)=C/c2cc(I)c(OCc3ccccc3C#N)c(OCC)c2)cc1. The zero-order chi connectivity index (χ0) is 27.5. The van der Waals surface area contributed by atoms with Crippen LogP contribution in [0.1, 0.15) is 40.9 Å². The van der Waals surface area contributed by atoms with E-state index in [0.29, 0.717) is 44.1 Å². The molecular weight excluding hydrogens is 597 g/mol. The highest BCUT2D eigenvalue weighted by Gasteiger charge is 2.16. The van der Waals surface area contributed by atoms with Crippen LogP contribution in [0, 0.1) is 26.2 Å². The van der Waals surface area contributed by atoms with Crippen molar-refractivity contribution in [1.29, 1.82) is 10.5 Å². The van der Waals surface area contributed by atoms with Crippen LogP contribution in [0.5, 0.6) is 11.5 Å². The molecule has 0 aliphatic heterocycles. The first kappa shape index (κ1) is 28.2. The van der Waals surface area contributed by atoms with Crippen molar-refractivity contribution in [2.45, 2.75) is 20.5 Å². The van der Waals surface area contributed by atoms with Gasteiger partial charge in [0, 0.05) is 11.3 Å². The summed E-state index contributed by atoms with van der Waals surface area (Å²) >= 11 is 2.10. The first-order chi connectivity index (χ1) is 18.4. The number of carbonyl (C=O) groups is 2. The van der Waals surface area contributed by atoms with E-state index in [-0.39, 0.29) is 18.8 Å². The third-order valence-corrected chi connectivity index (χ3v) is 5.97. The van der Waals surface area contributed by atoms with E-state index in [1.807, 2.05) is 25.1 Å². The third kappa shape index (κ3) is 7.34. The van der Waals surface area contributed by atoms with Crippen LogP contribution in [0.15, 0.2) is 66.2 Å². The minimum Gasteiger partial charge on any atom is -0.490 e. The lowest BCUT2D eigenvalue weighted by Crippen LogP contribution is -2.13. The monoisotopic (exact) mass is 621 g/mol. The minimum atomic E-state index is -0.599. The molecule has 9 heteroatoms. The molecule has 0 spiro atoms. The quantitative estimate of drug-likeness (QED) is 0.130. The number of ether oxygens (including phenoxy) is 3. The standard InChI is InChI=1S/C29H24IN3O5/c1-3-36-26-15-19(14-25(30)27(26)38-18-22-8-6-5-7-21(22)16-31)13-23(17-32)28(34)33-24-11-9-20(10-12-24)29(35)37-4-2/h5-15H,3-4,18H2,1-2H3,(H,33,34)/b23-13+. The van der Waals surface area contributed by atoms with Gasteiger partial charge in [-0.3, -0.25) is 4.79 Å². The molecule has 0 aliphatic rings. The maximum Gasteiger partial charge on any atom is 0.338 e. The normalized spacial score (nSPS) is 10.6. The van der Waals surface area contributed by atoms with Crippen molar-refractivity contribution < 1.29 is 23.8 Å². The molecule has 1 N–H and O–H groups in total. The molecule has 3 rings (SSSR count). The number of hydrogen-bond acceptors (Lipinski definition) is 7. The molecule has 0 bridgehead atoms. The third-order valence-electron chi connectivity index (χ3n) is 5.17. The van der Waals surface area contributed by atoms with Gasteiger partial charge in [0.1, 0.15) is 18.2 Å². The van der Waals surface area contributed by atoms with Crippen LogP contribution in [-0.4, -0.2) is 25.1 Å². The lowest BCUT2D eigenvalue weighted by molar-refractivity contribution is -0.112. The molecule has 0 aliphatic carbocycles. The number of nitrogens with one attached hydrogen (secondary N) is 1. The molecule has 0 heterocycles. The maximum atomic E-state index is 12.8. The average Bonchev–Trinajstić information content (AvgIpc) is 2.92. The lowest BCUT2D eigenvalue weighted by atomic mass is 10.1. The van der Waals surface area contributed by atoms with Crippen LogP contribution >= 0.6 is 22.6 Å². The Morgan fingerprint density at radius 1 is 1.00 bits per heavy atom. The summed E-state index contributed by atoms with van der Waals surface area (Å²) in [5.74, 6) is -0.100. The molecule has 0 aromatic heterocycles. The highest BCUT2D eigenvalue weighted by Crippen LogP contribution is 2.35. The first-order valence-electron chi connectivity index (χ1n) is 11.7. The van der Waals surface area contributed by atoms with Gasteiger partial charge in [0.05, 0.1) is 34.0 Å². The summed E-state index contributed by atoms with van der Waals surface area (Å²) in [6.45, 7) is 4.38. The van der Waals surface area contributed by atoms with Crippen molar-refractivity contribution in [1.82, 2.24) is 0 Å². The second kappa shape index (κ2) is 13.8. The van der Waals surface area contributed by atoms with Crippen LogP contribution in [0.2, 0.25) is 0 Å². The molecule has 0 saturated carbocycles. The number of rotatable bonds is 10. The Morgan fingerprint density at radius 2 is 1.74 bits per heavy atom. The Bertz CT molecular complexity index is 1440. The number of benzene rings is 3. The fourth-order valence-electron chi connectivity index (χ4n) is 3.40. The molecule has 8 nitrogen and oxygen atoms in total. The van der Waals surface area contributed by atoms with Crippen molar-refractivity contribution in [3.8, 4) is 23.6 Å². The van der Waals surface area contributed by atoms with Gasteiger partial charge in [0.15, 0.2) is 11.5 Å². The van der Waals surface area contributed by atoms with Crippen LogP contribution in [0.3, 0.4) is 0 Å². The van der Waals surface area contributed by atoms with E-state index in [0.717, 1.165) is 5.56 Å². The summed E-state index contributed by atoms with van der Waals surface area (Å²) in [6.07, 6.45) is 1.46. The second-order valence-electron chi connectivity index (χ2n) is 7.74. The Labute approximate surface area is 234 Å². The van der Waals surface area contributed by atoms with Gasteiger partial charge in [-0.2, -0.15) is 10.5 Å². The molecule has 0 fully saturated rings. The van der Waals surface area contributed by atoms with Crippen LogP contribution < -0.4 is 14.8 Å². The molecule has 0 radical (unpaired) electrons. The van der Waals surface area contributed by atoms with Crippen LogP contribution in [0.25, 0.3) is 6.08 Å². The van der Waals surface area contributed by atoms with Crippen molar-refractivity contribution >= 4 is 46.2 Å². The fourth-order valence-corrected chi connectivity index (χ4v) is 4.18. The van der Waals surface area contributed by atoms with E-state index < -0.39 is 11.9 Å². The first-order valence-corrected chi connectivity index (χ1v) is 12.8. The van der Waals surface area contributed by atoms with E-state index in [9.17, 15) is 20.1 Å². The molecule has 3 aromatic carbocycles. The topological polar surface area (TPSA) is 121 Å². The summed E-state index contributed by atoms with van der Waals surface area (Å²) in [4.78, 5) is 24.6. The summed E-state index contributed by atoms with van der Waals surface area (Å²) in [5.41, 5.74) is 2.52. The molecule has 1 amide bonds. The summed E-state index contributed by atoms with van der Waals surface area (Å²) in [5, 5.41) is 21.6. The van der Waals surface area contributed by atoms with Crippen LogP contribution in [0.4, 0.5) is 5.69 Å². The number of nitriles is 2. The molecule has 192 valence electrons. The van der Waals surface area contributed by atoms with Gasteiger partial charge >= 0.3 is 5.97 Å². The summed E-state index contributed by atoms with van der Waals surface area (Å²) in [7, 11) is 0. The van der Waals surface area contributed by atoms with Crippen molar-refractivity contribution in [2.24, 2.45) is 0 Å². The van der Waals surface area contributed by atoms with Crippen molar-refractivity contribution in [3.05, 3.63) is 92.1 Å². The highest BCUT2D eigenvalue weighted by atomic mass is 127. The Kier molecular flexibility index (Phi) is 10.3. The molecule has 3 aromatic rings.